The lowest BCUT2D eigenvalue weighted by atomic mass is 9.78. The van der Waals surface area contributed by atoms with Gasteiger partial charge in [-0.1, -0.05) is 6.92 Å². The minimum absolute atomic E-state index is 0.0186. The van der Waals surface area contributed by atoms with Crippen molar-refractivity contribution in [3.8, 4) is 5.69 Å². The van der Waals surface area contributed by atoms with Gasteiger partial charge in [-0.3, -0.25) is 52.8 Å². The Hall–Kier alpha value is -6.88. The topological polar surface area (TPSA) is 260 Å². The van der Waals surface area contributed by atoms with Crippen LogP contribution in [-0.2, 0) is 36.7 Å². The van der Waals surface area contributed by atoms with Crippen LogP contribution in [0.25, 0.3) is 39.2 Å². The number of hydrogen-bond acceptors (Lipinski definition) is 13. The van der Waals surface area contributed by atoms with Crippen molar-refractivity contribution in [2.24, 2.45) is 11.3 Å². The second-order valence-corrected chi connectivity index (χ2v) is 25.4. The van der Waals surface area contributed by atoms with Crippen molar-refractivity contribution in [3.63, 3.8) is 0 Å². The number of aliphatic hydroxyl groups is 4. The van der Waals surface area contributed by atoms with Gasteiger partial charge >= 0.3 is 0 Å². The van der Waals surface area contributed by atoms with Crippen LogP contribution in [0.5, 0.6) is 0 Å². The lowest BCUT2D eigenvalue weighted by Gasteiger charge is -2.40. The molecule has 7 N–H and O–H groups in total. The van der Waals surface area contributed by atoms with E-state index in [-0.39, 0.29) is 59.8 Å². The molecule has 81 heavy (non-hydrogen) atoms. The van der Waals surface area contributed by atoms with Crippen LogP contribution in [0.4, 0.5) is 31.0 Å². The van der Waals surface area contributed by atoms with E-state index in [1.807, 2.05) is 55.9 Å². The maximum Gasteiger partial charge on any atom is 0.229 e. The van der Waals surface area contributed by atoms with E-state index >= 15 is 0 Å². The average molecular weight is 1130 g/mol. The number of alkyl halides is 2. The zero-order valence-electron chi connectivity index (χ0n) is 49.0. The fourth-order valence-electron chi connectivity index (χ4n) is 9.52. The number of carbonyl (C=O) groups is 3. The molecule has 3 amide bonds. The largest absolute Gasteiger partial charge is 0.390 e. The number of halogens is 3. The van der Waals surface area contributed by atoms with Gasteiger partial charge in [-0.15, -0.1) is 0 Å². The van der Waals surface area contributed by atoms with Gasteiger partial charge in [0.2, 0.25) is 35.6 Å². The Kier molecular flexibility index (Phi) is 17.4. The van der Waals surface area contributed by atoms with E-state index in [2.05, 4.69) is 52.8 Å². The molecule has 2 fully saturated rings. The highest BCUT2D eigenvalue weighted by Crippen LogP contribution is 2.44. The average Bonchev–Trinajstić information content (AvgIpc) is 4.16. The molecule has 2 aliphatic carbocycles. The van der Waals surface area contributed by atoms with E-state index in [1.165, 1.54) is 19.1 Å². The van der Waals surface area contributed by atoms with Crippen molar-refractivity contribution in [2.45, 2.75) is 182 Å². The number of hydrogen-bond donors (Lipinski definition) is 7. The molecule has 6 aromatic heterocycles. The van der Waals surface area contributed by atoms with Gasteiger partial charge in [0, 0.05) is 28.6 Å². The molecule has 22 heteroatoms. The van der Waals surface area contributed by atoms with Gasteiger partial charge in [-0.2, -0.15) is 0 Å². The van der Waals surface area contributed by atoms with E-state index in [4.69, 9.17) is 0 Å². The fourth-order valence-corrected chi connectivity index (χ4v) is 9.52. The van der Waals surface area contributed by atoms with Gasteiger partial charge in [0.25, 0.3) is 0 Å². The van der Waals surface area contributed by atoms with Crippen LogP contribution in [0.1, 0.15) is 157 Å². The molecular weight excluding hydrogens is 1050 g/mol. The molecule has 2 aliphatic rings. The van der Waals surface area contributed by atoms with Crippen molar-refractivity contribution in [2.75, 3.05) is 29.3 Å². The third kappa shape index (κ3) is 14.6. The summed E-state index contributed by atoms with van der Waals surface area (Å²) in [7, 11) is 0. The Bertz CT molecular complexity index is 3440. The summed E-state index contributed by atoms with van der Waals surface area (Å²) in [6.07, 6.45) is 4.57. The summed E-state index contributed by atoms with van der Waals surface area (Å²) in [5, 5.41) is 49.4. The lowest BCUT2D eigenvalue weighted by molar-refractivity contribution is -0.121. The van der Waals surface area contributed by atoms with E-state index in [1.54, 1.807) is 83.4 Å². The number of nitrogens with one attached hydrogen (secondary N) is 3. The Morgan fingerprint density at radius 2 is 1.11 bits per heavy atom. The highest BCUT2D eigenvalue weighted by Gasteiger charge is 2.42. The molecule has 0 unspecified atom stereocenters. The summed E-state index contributed by atoms with van der Waals surface area (Å²) in [6.45, 7) is 23.1. The first-order valence-corrected chi connectivity index (χ1v) is 27.3. The van der Waals surface area contributed by atoms with Crippen molar-refractivity contribution in [1.82, 2.24) is 43.6 Å². The molecule has 2 saturated carbocycles. The van der Waals surface area contributed by atoms with Crippen LogP contribution in [0, 0.1) is 31.0 Å². The van der Waals surface area contributed by atoms with Gasteiger partial charge in [0.15, 0.2) is 16.9 Å². The Morgan fingerprint density at radius 3 is 1.62 bits per heavy atom. The summed E-state index contributed by atoms with van der Waals surface area (Å²) in [4.78, 5) is 64.6. The minimum atomic E-state index is -1.31. The number of amides is 3. The zero-order valence-corrected chi connectivity index (χ0v) is 49.0. The minimum Gasteiger partial charge on any atom is -0.390 e. The van der Waals surface area contributed by atoms with Crippen molar-refractivity contribution in [3.05, 3.63) is 83.1 Å². The summed E-state index contributed by atoms with van der Waals surface area (Å²) in [5.41, 5.74) is 0.808. The Labute approximate surface area is 470 Å². The van der Waals surface area contributed by atoms with Crippen LogP contribution in [0.15, 0.2) is 54.6 Å². The molecule has 0 bridgehead atoms. The third-order valence-corrected chi connectivity index (χ3v) is 14.6. The first-order chi connectivity index (χ1) is 37.4. The van der Waals surface area contributed by atoms with Crippen molar-refractivity contribution in [1.29, 1.82) is 0 Å². The number of benzene rings is 1. The normalized spacial score (nSPS) is 15.5. The molecule has 19 nitrogen and oxygen atoms in total. The van der Waals surface area contributed by atoms with E-state index < -0.39 is 47.1 Å². The summed E-state index contributed by atoms with van der Waals surface area (Å²) < 4.78 is 44.9. The van der Waals surface area contributed by atoms with Gasteiger partial charge in [-0.25, -0.2) is 34.3 Å². The van der Waals surface area contributed by atoms with Gasteiger partial charge in [-0.05, 0) is 188 Å². The predicted octanol–water partition coefficient (Wildman–Crippen LogP) is 10.0. The number of carbonyl (C=O) groups excluding carboxylic acids is 3. The van der Waals surface area contributed by atoms with Crippen LogP contribution >= 0.6 is 0 Å². The molecule has 0 radical (unpaired) electrons. The number of aromatic nitrogens is 9. The number of fused-ring (bicyclic) bond motifs is 3. The Morgan fingerprint density at radius 1 is 0.617 bits per heavy atom. The number of pyridine rings is 3. The van der Waals surface area contributed by atoms with Gasteiger partial charge in [0.1, 0.15) is 33.6 Å². The molecule has 6 heterocycles. The number of rotatable bonds is 16. The maximum atomic E-state index is 13.5. The Balaban J connectivity index is 0.000000176. The molecule has 438 valence electrons. The van der Waals surface area contributed by atoms with Gasteiger partial charge in [0.05, 0.1) is 54.5 Å². The van der Waals surface area contributed by atoms with Crippen molar-refractivity contribution >= 4 is 69.1 Å². The summed E-state index contributed by atoms with van der Waals surface area (Å²) in [6, 6.07) is 14.6. The highest BCUT2D eigenvalue weighted by atomic mass is 19.1. The van der Waals surface area contributed by atoms with E-state index in [9.17, 15) is 48.0 Å². The standard InChI is InChI=1S/C22H25FN4O3.C19H28N4O3.C18H26F2N4O/c1-21(2,29)17-11-10-16-19(25-17)27(15-8-6-14(23)7-9-15)20(24-16)26-18(28)12-22(3,30)13-4-5-13;1-17(2,25)11-14(24)22-16-20-12-7-8-13(18(3,4)26)21-15(12)23(16)19(5)9-6-10-19;1-11-7-13-15(21-12(11)2)24(17(3,4)5)16(22-13)23-14(25)8-18(6,9-19)10-20/h6-11,13,29-30H,4-5,12H2,1-3H3,(H,24,26,28);7-8,25-26H,6,9-11H2,1-5H3,(H,20,22,24);7H,8-10H2,1-6H3,(H,22,23,25)/t22-;;/m0../s1. The van der Waals surface area contributed by atoms with E-state index in [0.29, 0.717) is 62.5 Å². The van der Waals surface area contributed by atoms with E-state index in [0.717, 1.165) is 43.4 Å². The molecule has 7 aromatic rings. The first-order valence-electron chi connectivity index (χ1n) is 27.3. The monoisotopic (exact) mass is 1120 g/mol. The second kappa shape index (κ2) is 22.8. The number of aryl methyl sites for hydroxylation is 2. The lowest BCUT2D eigenvalue weighted by Crippen LogP contribution is -2.39. The maximum absolute atomic E-state index is 13.5. The number of anilines is 3. The molecule has 0 saturated heterocycles. The van der Waals surface area contributed by atoms with Crippen LogP contribution < -0.4 is 16.0 Å². The molecule has 1 aromatic carbocycles. The van der Waals surface area contributed by atoms with Crippen LogP contribution in [-0.4, -0.2) is 106 Å². The predicted molar refractivity (Wildman–Crippen MR) is 306 cm³/mol. The molecule has 0 aliphatic heterocycles. The second-order valence-electron chi connectivity index (χ2n) is 25.4. The SMILES string of the molecule is CC(C)(O)CC(=O)Nc1nc2ccc(C(C)(C)O)nc2n1C1(C)CCC1.CC(C)(O)c1ccc2nc(NC(=O)C[C@](C)(O)C3CC3)n(-c3ccc(F)cc3)c2n1.Cc1cc2nc(NC(=O)CC(C)(CF)CF)n(C(C)(C)C)c2nc1C. The van der Waals surface area contributed by atoms with Crippen LogP contribution in [0.2, 0.25) is 0 Å². The molecule has 1 atom stereocenters. The fraction of sp³-hybridized carbons (Fsp3) is 0.542. The van der Waals surface area contributed by atoms with Gasteiger partial charge < -0.3 is 20.4 Å². The zero-order chi connectivity index (χ0) is 60.0. The van der Waals surface area contributed by atoms with Crippen molar-refractivity contribution < 1.29 is 48.0 Å². The number of imidazole rings is 3. The smallest absolute Gasteiger partial charge is 0.229 e. The molecule has 0 spiro atoms. The van der Waals surface area contributed by atoms with Crippen LogP contribution in [0.3, 0.4) is 0 Å². The summed E-state index contributed by atoms with van der Waals surface area (Å²) in [5.74, 6) is -0.384. The number of nitrogens with zero attached hydrogens (tertiary/aromatic N) is 9. The quantitative estimate of drug-likeness (QED) is 0.0476. The molecular formula is C59H79F3N12O7. The molecule has 9 rings (SSSR count). The third-order valence-electron chi connectivity index (χ3n) is 14.6. The first kappa shape index (κ1) is 61.7. The highest BCUT2D eigenvalue weighted by molar-refractivity contribution is 5.94. The summed E-state index contributed by atoms with van der Waals surface area (Å²) >= 11 is 0.